The zero-order valence-corrected chi connectivity index (χ0v) is 10.2. The number of ether oxygens (including phenoxy) is 2. The molecule has 0 atom stereocenters. The van der Waals surface area contributed by atoms with Crippen molar-refractivity contribution < 1.29 is 24.2 Å². The van der Waals surface area contributed by atoms with Gasteiger partial charge in [-0.05, 0) is 6.42 Å². The van der Waals surface area contributed by atoms with Crippen molar-refractivity contribution in [1.29, 1.82) is 0 Å². The minimum absolute atomic E-state index is 0.149. The highest BCUT2D eigenvalue weighted by molar-refractivity contribution is 5.90. The monoisotopic (exact) mass is 244 g/mol. The lowest BCUT2D eigenvalue weighted by molar-refractivity contribution is -0.140. The zero-order valence-electron chi connectivity index (χ0n) is 10.2. The predicted molar refractivity (Wildman–Crippen MR) is 62.7 cm³/mol. The molecule has 0 heterocycles. The van der Waals surface area contributed by atoms with Crippen LogP contribution < -0.4 is 0 Å². The third kappa shape index (κ3) is 12.6. The molecule has 0 aromatic carbocycles. The first-order valence-electron chi connectivity index (χ1n) is 5.82. The Morgan fingerprint density at radius 2 is 1.82 bits per heavy atom. The topological polar surface area (TPSA) is 72.8 Å². The van der Waals surface area contributed by atoms with E-state index in [9.17, 15) is 9.59 Å². The molecule has 98 valence electrons. The maximum Gasteiger partial charge on any atom is 0.331 e. The smallest absolute Gasteiger partial charge is 0.331 e. The first-order valence-corrected chi connectivity index (χ1v) is 5.82. The number of aliphatic carboxylic acids is 1. The summed E-state index contributed by atoms with van der Waals surface area (Å²) < 4.78 is 9.94. The van der Waals surface area contributed by atoms with Crippen LogP contribution in [0, 0.1) is 0 Å². The molecular weight excluding hydrogens is 224 g/mol. The number of carboxylic acid groups (broad SMARTS) is 1. The fourth-order valence-electron chi connectivity index (χ4n) is 1.12. The van der Waals surface area contributed by atoms with E-state index in [2.05, 4.69) is 6.92 Å². The molecule has 0 aromatic rings. The van der Waals surface area contributed by atoms with E-state index in [1.807, 2.05) is 0 Å². The Hall–Kier alpha value is -1.36. The first-order chi connectivity index (χ1) is 8.16. The summed E-state index contributed by atoms with van der Waals surface area (Å²) in [6.07, 6.45) is 6.18. The van der Waals surface area contributed by atoms with Crippen molar-refractivity contribution in [2.75, 3.05) is 19.8 Å². The lowest BCUT2D eigenvalue weighted by atomic mass is 10.2. The van der Waals surface area contributed by atoms with Crippen LogP contribution >= 0.6 is 0 Å². The maximum absolute atomic E-state index is 10.9. The molecule has 0 aromatic heterocycles. The van der Waals surface area contributed by atoms with Gasteiger partial charge < -0.3 is 14.6 Å². The number of carbonyl (C=O) groups excluding carboxylic acids is 1. The van der Waals surface area contributed by atoms with Crippen molar-refractivity contribution in [1.82, 2.24) is 0 Å². The van der Waals surface area contributed by atoms with Crippen LogP contribution in [0.15, 0.2) is 12.2 Å². The van der Waals surface area contributed by atoms with Crippen LogP contribution in [0.4, 0.5) is 0 Å². The maximum atomic E-state index is 10.9. The molecule has 0 aliphatic heterocycles. The molecule has 0 unspecified atom stereocenters. The molecule has 5 heteroatoms. The summed E-state index contributed by atoms with van der Waals surface area (Å²) in [6.45, 7) is 3.31. The minimum atomic E-state index is -1.17. The lowest BCUT2D eigenvalue weighted by Crippen LogP contribution is -2.09. The number of carboxylic acids is 1. The van der Waals surface area contributed by atoms with Crippen molar-refractivity contribution in [3.8, 4) is 0 Å². The van der Waals surface area contributed by atoms with Gasteiger partial charge in [-0.3, -0.25) is 0 Å². The van der Waals surface area contributed by atoms with E-state index in [1.54, 1.807) is 0 Å². The summed E-state index contributed by atoms with van der Waals surface area (Å²) in [5.41, 5.74) is 0. The second-order valence-corrected chi connectivity index (χ2v) is 3.51. The standard InChI is InChI=1S/C12H20O5/c1-2-3-4-5-8-16-9-10-17-12(15)7-6-11(13)14/h6-7H,2-5,8-10H2,1H3,(H,13,14)/b7-6+. The van der Waals surface area contributed by atoms with E-state index < -0.39 is 11.9 Å². The van der Waals surface area contributed by atoms with Crippen molar-refractivity contribution >= 4 is 11.9 Å². The van der Waals surface area contributed by atoms with Crippen molar-refractivity contribution in [3.63, 3.8) is 0 Å². The molecule has 0 spiro atoms. The number of carbonyl (C=O) groups is 2. The van der Waals surface area contributed by atoms with E-state index in [0.717, 1.165) is 25.0 Å². The van der Waals surface area contributed by atoms with Gasteiger partial charge in [-0.2, -0.15) is 0 Å². The molecule has 0 radical (unpaired) electrons. The Morgan fingerprint density at radius 3 is 2.47 bits per heavy atom. The second-order valence-electron chi connectivity index (χ2n) is 3.51. The fraction of sp³-hybridized carbons (Fsp3) is 0.667. The largest absolute Gasteiger partial charge is 0.478 e. The van der Waals surface area contributed by atoms with Crippen LogP contribution in [0.3, 0.4) is 0 Å². The third-order valence-electron chi connectivity index (χ3n) is 1.98. The molecule has 0 aliphatic carbocycles. The Bertz CT molecular complexity index is 247. The van der Waals surface area contributed by atoms with E-state index in [-0.39, 0.29) is 6.61 Å². The highest BCUT2D eigenvalue weighted by Crippen LogP contribution is 1.98. The molecule has 0 saturated heterocycles. The van der Waals surface area contributed by atoms with Gasteiger partial charge in [0.25, 0.3) is 0 Å². The molecule has 0 amide bonds. The highest BCUT2D eigenvalue weighted by Gasteiger charge is 1.98. The quantitative estimate of drug-likeness (QED) is 0.360. The summed E-state index contributed by atoms with van der Waals surface area (Å²) in [7, 11) is 0. The summed E-state index contributed by atoms with van der Waals surface area (Å²) in [5, 5.41) is 8.26. The van der Waals surface area contributed by atoms with Gasteiger partial charge >= 0.3 is 11.9 Å². The molecule has 0 saturated carbocycles. The third-order valence-corrected chi connectivity index (χ3v) is 1.98. The Kier molecular flexibility index (Phi) is 10.2. The average Bonchev–Trinajstić information content (AvgIpc) is 2.30. The summed E-state index contributed by atoms with van der Waals surface area (Å²) >= 11 is 0. The van der Waals surface area contributed by atoms with Gasteiger partial charge in [-0.25, -0.2) is 9.59 Å². The van der Waals surface area contributed by atoms with Crippen LogP contribution in [0.2, 0.25) is 0 Å². The van der Waals surface area contributed by atoms with Gasteiger partial charge in [0, 0.05) is 18.8 Å². The van der Waals surface area contributed by atoms with Gasteiger partial charge in [-0.1, -0.05) is 26.2 Å². The molecule has 0 fully saturated rings. The predicted octanol–water partition coefficient (Wildman–Crippen LogP) is 1.77. The van der Waals surface area contributed by atoms with Crippen molar-refractivity contribution in [3.05, 3.63) is 12.2 Å². The van der Waals surface area contributed by atoms with Crippen LogP contribution in [0.5, 0.6) is 0 Å². The number of esters is 1. The van der Waals surface area contributed by atoms with Gasteiger partial charge in [0.05, 0.1) is 6.61 Å². The van der Waals surface area contributed by atoms with E-state index in [4.69, 9.17) is 14.6 Å². The van der Waals surface area contributed by atoms with Crippen LogP contribution in [-0.4, -0.2) is 36.9 Å². The lowest BCUT2D eigenvalue weighted by Gasteiger charge is -2.04. The number of unbranched alkanes of at least 4 members (excludes halogenated alkanes) is 3. The first kappa shape index (κ1) is 15.6. The van der Waals surface area contributed by atoms with Crippen molar-refractivity contribution in [2.24, 2.45) is 0 Å². The number of rotatable bonds is 10. The molecule has 0 aliphatic rings. The number of hydrogen-bond acceptors (Lipinski definition) is 4. The number of hydrogen-bond donors (Lipinski definition) is 1. The molecule has 17 heavy (non-hydrogen) atoms. The molecule has 0 bridgehead atoms. The van der Waals surface area contributed by atoms with Gasteiger partial charge in [0.2, 0.25) is 0 Å². The van der Waals surface area contributed by atoms with Gasteiger partial charge in [0.1, 0.15) is 6.61 Å². The molecular formula is C12H20O5. The van der Waals surface area contributed by atoms with Gasteiger partial charge in [-0.15, -0.1) is 0 Å². The normalized spacial score (nSPS) is 10.6. The second kappa shape index (κ2) is 11.1. The molecule has 5 nitrogen and oxygen atoms in total. The van der Waals surface area contributed by atoms with E-state index in [1.165, 1.54) is 12.8 Å². The molecule has 0 rings (SSSR count). The highest BCUT2D eigenvalue weighted by atomic mass is 16.6. The van der Waals surface area contributed by atoms with Crippen LogP contribution in [0.1, 0.15) is 32.6 Å². The van der Waals surface area contributed by atoms with E-state index in [0.29, 0.717) is 13.2 Å². The van der Waals surface area contributed by atoms with E-state index >= 15 is 0 Å². The zero-order chi connectivity index (χ0) is 12.9. The van der Waals surface area contributed by atoms with Crippen LogP contribution in [0.25, 0.3) is 0 Å². The van der Waals surface area contributed by atoms with Gasteiger partial charge in [0.15, 0.2) is 0 Å². The fourth-order valence-corrected chi connectivity index (χ4v) is 1.12. The summed E-state index contributed by atoms with van der Waals surface area (Å²) in [5.74, 6) is -1.84. The van der Waals surface area contributed by atoms with Crippen LogP contribution in [-0.2, 0) is 19.1 Å². The Morgan fingerprint density at radius 1 is 1.06 bits per heavy atom. The SMILES string of the molecule is CCCCCCOCCOC(=O)/C=C/C(=O)O. The minimum Gasteiger partial charge on any atom is -0.478 e. The summed E-state index contributed by atoms with van der Waals surface area (Å²) in [4.78, 5) is 21.0. The van der Waals surface area contributed by atoms with Crippen molar-refractivity contribution in [2.45, 2.75) is 32.6 Å². The summed E-state index contributed by atoms with van der Waals surface area (Å²) in [6, 6.07) is 0. The molecule has 1 N–H and O–H groups in total. The Balaban J connectivity index is 3.28. The Labute approximate surface area is 101 Å². The average molecular weight is 244 g/mol.